The molecule has 0 spiro atoms. The van der Waals surface area contributed by atoms with Gasteiger partial charge in [0.1, 0.15) is 0 Å². The van der Waals surface area contributed by atoms with E-state index < -0.39 is 0 Å². The topological polar surface area (TPSA) is 26.0 Å². The summed E-state index contributed by atoms with van der Waals surface area (Å²) in [6, 6.07) is 0.534. The lowest BCUT2D eigenvalue weighted by atomic mass is 10.1. The normalized spacial score (nSPS) is 19.1. The van der Waals surface area contributed by atoms with Gasteiger partial charge in [-0.15, -0.1) is 12.4 Å². The zero-order chi connectivity index (χ0) is 7.40. The molecule has 0 radical (unpaired) electrons. The first kappa shape index (κ1) is 11.2. The molecule has 11 heavy (non-hydrogen) atoms. The van der Waals surface area contributed by atoms with Crippen LogP contribution < -0.4 is 5.73 Å². The van der Waals surface area contributed by atoms with Crippen molar-refractivity contribution >= 4 is 12.4 Å². The number of rotatable bonds is 5. The van der Waals surface area contributed by atoms with Crippen LogP contribution in [0.2, 0.25) is 0 Å². The van der Waals surface area contributed by atoms with Crippen LogP contribution in [0.15, 0.2) is 0 Å². The highest BCUT2D eigenvalue weighted by Gasteiger charge is 2.27. The van der Waals surface area contributed by atoms with Crippen molar-refractivity contribution < 1.29 is 0 Å². The second kappa shape index (κ2) is 5.84. The standard InChI is InChI=1S/C9H19N.ClH/c1-2-3-4-5-9(10)8-6-7-8;/h8-9H,2-7,10H2,1H3;1H. The maximum absolute atomic E-state index is 5.92. The van der Waals surface area contributed by atoms with Gasteiger partial charge in [0.2, 0.25) is 0 Å². The van der Waals surface area contributed by atoms with Crippen molar-refractivity contribution in [3.05, 3.63) is 0 Å². The Morgan fingerprint density at radius 2 is 2.00 bits per heavy atom. The van der Waals surface area contributed by atoms with E-state index in [1.54, 1.807) is 0 Å². The van der Waals surface area contributed by atoms with E-state index in [0.717, 1.165) is 5.92 Å². The molecule has 68 valence electrons. The van der Waals surface area contributed by atoms with Gasteiger partial charge in [-0.1, -0.05) is 26.2 Å². The summed E-state index contributed by atoms with van der Waals surface area (Å²) in [4.78, 5) is 0. The predicted octanol–water partition coefficient (Wildman–Crippen LogP) is 2.73. The molecular weight excluding hydrogens is 158 g/mol. The van der Waals surface area contributed by atoms with Gasteiger partial charge < -0.3 is 5.73 Å². The lowest BCUT2D eigenvalue weighted by Crippen LogP contribution is -2.21. The number of unbranched alkanes of at least 4 members (excludes halogenated alkanes) is 2. The fraction of sp³-hybridized carbons (Fsp3) is 1.00. The monoisotopic (exact) mass is 177 g/mol. The van der Waals surface area contributed by atoms with E-state index in [4.69, 9.17) is 5.73 Å². The fourth-order valence-electron chi connectivity index (χ4n) is 1.39. The number of halogens is 1. The molecule has 0 aromatic heterocycles. The minimum Gasteiger partial charge on any atom is -0.327 e. The Morgan fingerprint density at radius 1 is 1.36 bits per heavy atom. The molecule has 1 nitrogen and oxygen atoms in total. The summed E-state index contributed by atoms with van der Waals surface area (Å²) in [5, 5.41) is 0. The highest BCUT2D eigenvalue weighted by molar-refractivity contribution is 5.85. The van der Waals surface area contributed by atoms with Crippen molar-refractivity contribution in [2.75, 3.05) is 0 Å². The van der Waals surface area contributed by atoms with Gasteiger partial charge in [-0.25, -0.2) is 0 Å². The molecule has 1 rings (SSSR count). The lowest BCUT2D eigenvalue weighted by molar-refractivity contribution is 0.513. The number of hydrogen-bond acceptors (Lipinski definition) is 1. The third-order valence-corrected chi connectivity index (χ3v) is 2.37. The van der Waals surface area contributed by atoms with Crippen LogP contribution in [-0.2, 0) is 0 Å². The Kier molecular flexibility index (Phi) is 5.98. The second-order valence-electron chi connectivity index (χ2n) is 3.50. The van der Waals surface area contributed by atoms with Crippen molar-refractivity contribution in [3.8, 4) is 0 Å². The van der Waals surface area contributed by atoms with Gasteiger partial charge in [-0.3, -0.25) is 0 Å². The molecule has 2 N–H and O–H groups in total. The smallest absolute Gasteiger partial charge is 0.00671 e. The average molecular weight is 178 g/mol. The molecule has 0 aromatic rings. The van der Waals surface area contributed by atoms with Crippen LogP contribution in [0.5, 0.6) is 0 Å². The maximum Gasteiger partial charge on any atom is 0.00671 e. The summed E-state index contributed by atoms with van der Waals surface area (Å²) in [6.45, 7) is 2.24. The zero-order valence-corrected chi connectivity index (χ0v) is 8.20. The molecule has 1 aliphatic rings. The summed E-state index contributed by atoms with van der Waals surface area (Å²) in [6.07, 6.45) is 8.07. The Labute approximate surface area is 76.1 Å². The van der Waals surface area contributed by atoms with Crippen LogP contribution in [0.3, 0.4) is 0 Å². The fourth-order valence-corrected chi connectivity index (χ4v) is 1.39. The molecular formula is C9H20ClN. The van der Waals surface area contributed by atoms with Crippen molar-refractivity contribution in [2.24, 2.45) is 11.7 Å². The largest absolute Gasteiger partial charge is 0.327 e. The van der Waals surface area contributed by atoms with E-state index in [2.05, 4.69) is 6.92 Å². The Bertz CT molecular complexity index is 91.6. The van der Waals surface area contributed by atoms with Crippen LogP contribution in [0.4, 0.5) is 0 Å². The molecule has 1 atom stereocenters. The van der Waals surface area contributed by atoms with Crippen molar-refractivity contribution in [1.29, 1.82) is 0 Å². The first-order chi connectivity index (χ1) is 4.84. The highest BCUT2D eigenvalue weighted by atomic mass is 35.5. The highest BCUT2D eigenvalue weighted by Crippen LogP contribution is 2.33. The van der Waals surface area contributed by atoms with E-state index in [0.29, 0.717) is 6.04 Å². The van der Waals surface area contributed by atoms with E-state index in [9.17, 15) is 0 Å². The van der Waals surface area contributed by atoms with Crippen LogP contribution >= 0.6 is 12.4 Å². The van der Waals surface area contributed by atoms with Crippen LogP contribution in [0.25, 0.3) is 0 Å². The summed E-state index contributed by atoms with van der Waals surface area (Å²) < 4.78 is 0. The minimum atomic E-state index is 0. The predicted molar refractivity (Wildman–Crippen MR) is 52.1 cm³/mol. The minimum absolute atomic E-state index is 0. The molecule has 0 amide bonds. The third-order valence-electron chi connectivity index (χ3n) is 2.37. The Morgan fingerprint density at radius 3 is 2.45 bits per heavy atom. The number of hydrogen-bond donors (Lipinski definition) is 1. The first-order valence-corrected chi connectivity index (χ1v) is 4.60. The lowest BCUT2D eigenvalue weighted by Gasteiger charge is -2.07. The van der Waals surface area contributed by atoms with Crippen LogP contribution in [0, 0.1) is 5.92 Å². The molecule has 1 fully saturated rings. The van der Waals surface area contributed by atoms with Gasteiger partial charge in [0.05, 0.1) is 0 Å². The molecule has 2 heteroatoms. The summed E-state index contributed by atoms with van der Waals surface area (Å²) in [7, 11) is 0. The average Bonchev–Trinajstić information content (AvgIpc) is 2.69. The van der Waals surface area contributed by atoms with E-state index >= 15 is 0 Å². The van der Waals surface area contributed by atoms with Gasteiger partial charge in [-0.05, 0) is 25.2 Å². The quantitative estimate of drug-likeness (QED) is 0.643. The second-order valence-corrected chi connectivity index (χ2v) is 3.50. The van der Waals surface area contributed by atoms with E-state index in [1.165, 1.54) is 38.5 Å². The molecule has 0 bridgehead atoms. The van der Waals surface area contributed by atoms with Gasteiger partial charge in [0, 0.05) is 6.04 Å². The van der Waals surface area contributed by atoms with Crippen LogP contribution in [-0.4, -0.2) is 6.04 Å². The first-order valence-electron chi connectivity index (χ1n) is 4.60. The van der Waals surface area contributed by atoms with Gasteiger partial charge in [0.15, 0.2) is 0 Å². The Balaban J connectivity index is 0.000001000. The molecule has 0 saturated heterocycles. The summed E-state index contributed by atoms with van der Waals surface area (Å²) >= 11 is 0. The van der Waals surface area contributed by atoms with Crippen molar-refractivity contribution in [2.45, 2.75) is 51.5 Å². The van der Waals surface area contributed by atoms with Gasteiger partial charge >= 0.3 is 0 Å². The van der Waals surface area contributed by atoms with E-state index in [-0.39, 0.29) is 12.4 Å². The van der Waals surface area contributed by atoms with Crippen molar-refractivity contribution in [3.63, 3.8) is 0 Å². The Hall–Kier alpha value is 0.250. The molecule has 0 heterocycles. The SMILES string of the molecule is CCCCCC(N)C1CC1.Cl. The van der Waals surface area contributed by atoms with Gasteiger partial charge in [-0.2, -0.15) is 0 Å². The molecule has 0 aromatic carbocycles. The molecule has 0 aliphatic heterocycles. The number of nitrogens with two attached hydrogens (primary N) is 1. The van der Waals surface area contributed by atoms with Crippen molar-refractivity contribution in [1.82, 2.24) is 0 Å². The van der Waals surface area contributed by atoms with Crippen LogP contribution in [0.1, 0.15) is 45.4 Å². The van der Waals surface area contributed by atoms with Gasteiger partial charge in [0.25, 0.3) is 0 Å². The molecule has 1 unspecified atom stereocenters. The maximum atomic E-state index is 5.92. The molecule has 1 saturated carbocycles. The zero-order valence-electron chi connectivity index (χ0n) is 7.38. The summed E-state index contributed by atoms with van der Waals surface area (Å²) in [5.41, 5.74) is 5.92. The summed E-state index contributed by atoms with van der Waals surface area (Å²) in [5.74, 6) is 0.900. The molecule has 1 aliphatic carbocycles. The third kappa shape index (κ3) is 4.65. The van der Waals surface area contributed by atoms with E-state index in [1.807, 2.05) is 0 Å².